The fraction of sp³-hybridized carbons (Fsp3) is 0.389. The quantitative estimate of drug-likeness (QED) is 0.730. The first-order valence-electron chi connectivity index (χ1n) is 8.40. The van der Waals surface area contributed by atoms with E-state index in [1.807, 2.05) is 24.3 Å². The number of anilines is 1. The van der Waals surface area contributed by atoms with E-state index in [2.05, 4.69) is 40.1 Å². The Morgan fingerprint density at radius 3 is 2.52 bits per heavy atom. The third-order valence-electron chi connectivity index (χ3n) is 4.39. The summed E-state index contributed by atoms with van der Waals surface area (Å²) in [4.78, 5) is 2.30. The van der Waals surface area contributed by atoms with Crippen LogP contribution in [0.1, 0.15) is 13.8 Å². The van der Waals surface area contributed by atoms with E-state index in [1.165, 1.54) is 0 Å². The second kappa shape index (κ2) is 6.33. The molecule has 0 bridgehead atoms. The predicted octanol–water partition coefficient (Wildman–Crippen LogP) is 2.41. The van der Waals surface area contributed by atoms with Gasteiger partial charge in [0.2, 0.25) is 5.65 Å². The minimum Gasteiger partial charge on any atom is -0.497 e. The smallest absolute Gasteiger partial charge is 0.200 e. The summed E-state index contributed by atoms with van der Waals surface area (Å²) in [7, 11) is 1.66. The van der Waals surface area contributed by atoms with Crippen LogP contribution in [-0.4, -0.2) is 52.2 Å². The van der Waals surface area contributed by atoms with Gasteiger partial charge in [-0.05, 0) is 44.2 Å². The van der Waals surface area contributed by atoms with Gasteiger partial charge in [0.05, 0.1) is 30.7 Å². The number of ether oxygens (including phenoxy) is 2. The summed E-state index contributed by atoms with van der Waals surface area (Å²) in [6.45, 7) is 5.82. The number of aromatic nitrogens is 4. The predicted molar refractivity (Wildman–Crippen MR) is 95.0 cm³/mol. The highest BCUT2D eigenvalue weighted by Gasteiger charge is 2.25. The molecule has 3 aromatic rings. The Bertz CT molecular complexity index is 867. The highest BCUT2D eigenvalue weighted by molar-refractivity contribution is 5.74. The van der Waals surface area contributed by atoms with Crippen LogP contribution < -0.4 is 9.64 Å². The molecule has 1 aromatic carbocycles. The molecule has 0 saturated carbocycles. The van der Waals surface area contributed by atoms with Crippen molar-refractivity contribution in [1.82, 2.24) is 19.8 Å². The molecule has 0 N–H and O–H groups in total. The van der Waals surface area contributed by atoms with Crippen LogP contribution in [0.2, 0.25) is 0 Å². The van der Waals surface area contributed by atoms with Crippen molar-refractivity contribution in [2.75, 3.05) is 25.1 Å². The molecule has 0 amide bonds. The Hall–Kier alpha value is -2.67. The number of morpholine rings is 1. The average Bonchev–Trinajstić information content (AvgIpc) is 3.08. The van der Waals surface area contributed by atoms with Crippen LogP contribution in [0.3, 0.4) is 0 Å². The normalized spacial score (nSPS) is 20.8. The first kappa shape index (κ1) is 15.8. The Balaban J connectivity index is 1.79. The number of benzene rings is 1. The molecule has 25 heavy (non-hydrogen) atoms. The Morgan fingerprint density at radius 1 is 1.12 bits per heavy atom. The van der Waals surface area contributed by atoms with Gasteiger partial charge in [-0.3, -0.25) is 0 Å². The maximum Gasteiger partial charge on any atom is 0.200 e. The summed E-state index contributed by atoms with van der Waals surface area (Å²) in [5.41, 5.74) is 3.68. The third kappa shape index (κ3) is 3.02. The number of hydrogen-bond acceptors (Lipinski definition) is 6. The van der Waals surface area contributed by atoms with E-state index in [-0.39, 0.29) is 12.2 Å². The van der Waals surface area contributed by atoms with E-state index in [4.69, 9.17) is 9.47 Å². The fourth-order valence-electron chi connectivity index (χ4n) is 3.32. The zero-order valence-corrected chi connectivity index (χ0v) is 14.6. The van der Waals surface area contributed by atoms with Gasteiger partial charge < -0.3 is 14.4 Å². The van der Waals surface area contributed by atoms with Crippen molar-refractivity contribution in [2.45, 2.75) is 26.1 Å². The summed E-state index contributed by atoms with van der Waals surface area (Å²) in [6, 6.07) is 9.96. The first-order chi connectivity index (χ1) is 12.1. The molecule has 3 heterocycles. The van der Waals surface area contributed by atoms with Gasteiger partial charge in [-0.1, -0.05) is 0 Å². The molecule has 7 heteroatoms. The van der Waals surface area contributed by atoms with Gasteiger partial charge in [-0.2, -0.15) is 9.61 Å². The van der Waals surface area contributed by atoms with E-state index in [0.717, 1.165) is 41.4 Å². The minimum absolute atomic E-state index is 0.171. The molecule has 130 valence electrons. The largest absolute Gasteiger partial charge is 0.497 e. The van der Waals surface area contributed by atoms with Crippen molar-refractivity contribution in [3.63, 3.8) is 0 Å². The topological polar surface area (TPSA) is 64.8 Å². The maximum atomic E-state index is 5.86. The van der Waals surface area contributed by atoms with Crippen LogP contribution in [0.4, 0.5) is 5.69 Å². The summed E-state index contributed by atoms with van der Waals surface area (Å²) in [5, 5.41) is 12.9. The van der Waals surface area contributed by atoms with Crippen molar-refractivity contribution in [3.8, 4) is 17.0 Å². The van der Waals surface area contributed by atoms with Gasteiger partial charge in [0.15, 0.2) is 0 Å². The monoisotopic (exact) mass is 339 g/mol. The highest BCUT2D eigenvalue weighted by atomic mass is 16.5. The molecule has 1 aliphatic rings. The molecule has 0 spiro atoms. The van der Waals surface area contributed by atoms with E-state index < -0.39 is 0 Å². The van der Waals surface area contributed by atoms with Crippen LogP contribution in [0.25, 0.3) is 16.9 Å². The second-order valence-corrected chi connectivity index (χ2v) is 6.40. The van der Waals surface area contributed by atoms with Gasteiger partial charge in [-0.25, -0.2) is 0 Å². The summed E-state index contributed by atoms with van der Waals surface area (Å²) in [5.74, 6) is 0.824. The van der Waals surface area contributed by atoms with Crippen LogP contribution in [-0.2, 0) is 4.74 Å². The molecular weight excluding hydrogens is 318 g/mol. The lowest BCUT2D eigenvalue weighted by atomic mass is 10.1. The molecule has 1 aliphatic heterocycles. The fourth-order valence-corrected chi connectivity index (χ4v) is 3.32. The number of nitrogens with zero attached hydrogens (tertiary/aromatic N) is 5. The van der Waals surface area contributed by atoms with Crippen LogP contribution >= 0.6 is 0 Å². The van der Waals surface area contributed by atoms with Crippen molar-refractivity contribution < 1.29 is 9.47 Å². The van der Waals surface area contributed by atoms with Gasteiger partial charge in [0, 0.05) is 18.7 Å². The van der Waals surface area contributed by atoms with Gasteiger partial charge in [-0.15, -0.1) is 10.2 Å². The summed E-state index contributed by atoms with van der Waals surface area (Å²) < 4.78 is 12.8. The molecular formula is C18H21N5O2. The van der Waals surface area contributed by atoms with Crippen LogP contribution in [0.15, 0.2) is 36.7 Å². The zero-order chi connectivity index (χ0) is 17.4. The lowest BCUT2D eigenvalue weighted by molar-refractivity contribution is -0.00516. The third-order valence-corrected chi connectivity index (χ3v) is 4.39. The van der Waals surface area contributed by atoms with Gasteiger partial charge in [0.25, 0.3) is 0 Å². The van der Waals surface area contributed by atoms with Crippen molar-refractivity contribution >= 4 is 11.3 Å². The molecule has 2 aromatic heterocycles. The number of methoxy groups -OCH3 is 1. The van der Waals surface area contributed by atoms with E-state index in [9.17, 15) is 0 Å². The second-order valence-electron chi connectivity index (χ2n) is 6.40. The molecule has 0 aliphatic carbocycles. The van der Waals surface area contributed by atoms with Gasteiger partial charge in [0.1, 0.15) is 12.1 Å². The zero-order valence-electron chi connectivity index (χ0n) is 14.6. The maximum absolute atomic E-state index is 5.86. The van der Waals surface area contributed by atoms with E-state index >= 15 is 0 Å². The van der Waals surface area contributed by atoms with Crippen molar-refractivity contribution in [2.24, 2.45) is 0 Å². The lowest BCUT2D eigenvalue weighted by Gasteiger charge is -2.36. The molecule has 0 radical (unpaired) electrons. The Kier molecular flexibility index (Phi) is 4.01. The highest BCUT2D eigenvalue weighted by Crippen LogP contribution is 2.29. The SMILES string of the molecule is COc1ccc(-c2cc(N3C[C@@H](C)O[C@@H](C)C3)c3nncn3n2)cc1. The molecule has 0 unspecified atom stereocenters. The summed E-state index contributed by atoms with van der Waals surface area (Å²) >= 11 is 0. The Morgan fingerprint density at radius 2 is 1.84 bits per heavy atom. The van der Waals surface area contributed by atoms with Crippen molar-refractivity contribution in [3.05, 3.63) is 36.7 Å². The van der Waals surface area contributed by atoms with Gasteiger partial charge >= 0.3 is 0 Å². The van der Waals surface area contributed by atoms with Crippen molar-refractivity contribution in [1.29, 1.82) is 0 Å². The molecule has 1 fully saturated rings. The Labute approximate surface area is 146 Å². The summed E-state index contributed by atoms with van der Waals surface area (Å²) in [6.07, 6.45) is 1.98. The standard InChI is InChI=1S/C18H21N5O2/c1-12-9-22(10-13(2)25-12)17-8-16(21-23-11-19-20-18(17)23)14-4-6-15(24-3)7-5-14/h4-8,11-13H,9-10H2,1-3H3/t12-,13+. The number of fused-ring (bicyclic) bond motifs is 1. The van der Waals surface area contributed by atoms with E-state index in [1.54, 1.807) is 18.0 Å². The molecule has 4 rings (SSSR count). The van der Waals surface area contributed by atoms with E-state index in [0.29, 0.717) is 0 Å². The molecule has 7 nitrogen and oxygen atoms in total. The lowest BCUT2D eigenvalue weighted by Crippen LogP contribution is -2.45. The number of hydrogen-bond donors (Lipinski definition) is 0. The minimum atomic E-state index is 0.171. The number of rotatable bonds is 3. The first-order valence-corrected chi connectivity index (χ1v) is 8.40. The van der Waals surface area contributed by atoms with Crippen LogP contribution in [0.5, 0.6) is 5.75 Å². The van der Waals surface area contributed by atoms with Crippen LogP contribution in [0, 0.1) is 0 Å². The molecule has 1 saturated heterocycles. The average molecular weight is 339 g/mol. The molecule has 2 atom stereocenters.